The van der Waals surface area contributed by atoms with Crippen LogP contribution in [0.5, 0.6) is 0 Å². The van der Waals surface area contributed by atoms with Crippen molar-refractivity contribution in [3.63, 3.8) is 0 Å². The van der Waals surface area contributed by atoms with Gasteiger partial charge in [0.05, 0.1) is 16.2 Å². The Morgan fingerprint density at radius 1 is 1.30 bits per heavy atom. The van der Waals surface area contributed by atoms with Gasteiger partial charge in [-0.15, -0.1) is 11.3 Å². The van der Waals surface area contributed by atoms with Gasteiger partial charge in [0.15, 0.2) is 5.82 Å². The highest BCUT2D eigenvalue weighted by molar-refractivity contribution is 7.15. The normalized spacial score (nSPS) is 17.8. The molecule has 0 saturated heterocycles. The molecule has 1 saturated carbocycles. The molecule has 1 aliphatic carbocycles. The van der Waals surface area contributed by atoms with Crippen LogP contribution in [0.25, 0.3) is 10.8 Å². The summed E-state index contributed by atoms with van der Waals surface area (Å²) in [5, 5.41) is 5.24. The van der Waals surface area contributed by atoms with Crippen molar-refractivity contribution in [2.24, 2.45) is 5.73 Å². The number of hydrogen-bond donors (Lipinski definition) is 1. The van der Waals surface area contributed by atoms with Gasteiger partial charge >= 0.3 is 0 Å². The molecular formula is C14H20N4OS. The van der Waals surface area contributed by atoms with Gasteiger partial charge in [0, 0.05) is 0 Å². The van der Waals surface area contributed by atoms with Crippen LogP contribution in [0.4, 0.5) is 0 Å². The van der Waals surface area contributed by atoms with E-state index in [-0.39, 0.29) is 0 Å². The number of hydrogen-bond acceptors (Lipinski definition) is 6. The summed E-state index contributed by atoms with van der Waals surface area (Å²) in [5.74, 6) is 1.21. The third-order valence-electron chi connectivity index (χ3n) is 3.87. The molecule has 108 valence electrons. The van der Waals surface area contributed by atoms with Gasteiger partial charge in [-0.3, -0.25) is 0 Å². The van der Waals surface area contributed by atoms with Crippen LogP contribution in [0, 0.1) is 6.92 Å². The van der Waals surface area contributed by atoms with Gasteiger partial charge < -0.3 is 10.3 Å². The summed E-state index contributed by atoms with van der Waals surface area (Å²) in [4.78, 5) is 10.1. The first kappa shape index (κ1) is 13.7. The molecule has 6 heteroatoms. The average Bonchev–Trinajstić information content (AvgIpc) is 3.10. The van der Waals surface area contributed by atoms with Crippen molar-refractivity contribution in [2.45, 2.75) is 57.9 Å². The summed E-state index contributed by atoms with van der Waals surface area (Å²) in [6.45, 7) is 4.14. The Hall–Kier alpha value is -1.27. The highest BCUT2D eigenvalue weighted by atomic mass is 32.1. The van der Waals surface area contributed by atoms with Crippen LogP contribution in [0.1, 0.15) is 55.6 Å². The second-order valence-electron chi connectivity index (χ2n) is 5.56. The second kappa shape index (κ2) is 5.26. The van der Waals surface area contributed by atoms with Gasteiger partial charge in [-0.2, -0.15) is 4.98 Å². The zero-order chi connectivity index (χ0) is 14.2. The van der Waals surface area contributed by atoms with E-state index in [2.05, 4.69) is 22.0 Å². The number of rotatable bonds is 4. The molecule has 0 aromatic carbocycles. The fraction of sp³-hybridized carbons (Fsp3) is 0.643. The highest BCUT2D eigenvalue weighted by Gasteiger charge is 2.36. The molecule has 20 heavy (non-hydrogen) atoms. The van der Waals surface area contributed by atoms with Crippen molar-refractivity contribution in [3.8, 4) is 10.8 Å². The summed E-state index contributed by atoms with van der Waals surface area (Å²) in [5.41, 5.74) is 6.93. The number of thiazole rings is 1. The van der Waals surface area contributed by atoms with E-state index < -0.39 is 5.54 Å². The third kappa shape index (κ3) is 2.38. The van der Waals surface area contributed by atoms with Gasteiger partial charge in [0.1, 0.15) is 4.88 Å². The Balaban J connectivity index is 1.90. The van der Waals surface area contributed by atoms with E-state index in [1.165, 1.54) is 0 Å². The molecule has 0 radical (unpaired) electrons. The summed E-state index contributed by atoms with van der Waals surface area (Å²) >= 11 is 1.64. The molecular weight excluding hydrogens is 272 g/mol. The molecule has 1 fully saturated rings. The first-order chi connectivity index (χ1) is 9.62. The fourth-order valence-corrected chi connectivity index (χ4v) is 3.81. The predicted octanol–water partition coefficient (Wildman–Crippen LogP) is 3.18. The van der Waals surface area contributed by atoms with Gasteiger partial charge in [0.2, 0.25) is 0 Å². The second-order valence-corrected chi connectivity index (χ2v) is 6.64. The van der Waals surface area contributed by atoms with Crippen molar-refractivity contribution in [1.29, 1.82) is 0 Å². The minimum Gasteiger partial charge on any atom is -0.333 e. The number of nitrogens with two attached hydrogens (primary N) is 1. The maximum atomic E-state index is 6.37. The van der Waals surface area contributed by atoms with Crippen molar-refractivity contribution >= 4 is 11.3 Å². The first-order valence-electron chi connectivity index (χ1n) is 7.22. The minimum absolute atomic E-state index is 0.396. The van der Waals surface area contributed by atoms with Crippen LogP contribution >= 0.6 is 11.3 Å². The first-order valence-corrected chi connectivity index (χ1v) is 8.04. The van der Waals surface area contributed by atoms with Crippen molar-refractivity contribution in [1.82, 2.24) is 15.1 Å². The largest absolute Gasteiger partial charge is 0.333 e. The molecule has 1 aliphatic rings. The van der Waals surface area contributed by atoms with E-state index in [0.29, 0.717) is 11.7 Å². The van der Waals surface area contributed by atoms with Gasteiger partial charge in [-0.1, -0.05) is 24.9 Å². The molecule has 2 aromatic heterocycles. The topological polar surface area (TPSA) is 77.8 Å². The molecule has 0 bridgehead atoms. The highest BCUT2D eigenvalue weighted by Crippen LogP contribution is 2.36. The SMILES string of the molecule is CCCc1nc(C)c(-c2nc(C3(N)CCCC3)no2)s1. The molecule has 3 rings (SSSR count). The Labute approximate surface area is 122 Å². The monoisotopic (exact) mass is 292 g/mol. The van der Waals surface area contributed by atoms with Crippen LogP contribution in [0.15, 0.2) is 4.52 Å². The Bertz CT molecular complexity index is 598. The smallest absolute Gasteiger partial charge is 0.269 e. The summed E-state index contributed by atoms with van der Waals surface area (Å²) < 4.78 is 5.43. The number of aryl methyl sites for hydroxylation is 2. The lowest BCUT2D eigenvalue weighted by Crippen LogP contribution is -2.34. The summed E-state index contributed by atoms with van der Waals surface area (Å²) in [6.07, 6.45) is 6.24. The summed E-state index contributed by atoms with van der Waals surface area (Å²) in [6, 6.07) is 0. The standard InChI is InChI=1S/C14H20N4OS/c1-3-6-10-16-9(2)11(20-10)12-17-13(18-19-12)14(15)7-4-5-8-14/h3-8,15H2,1-2H3. The van der Waals surface area contributed by atoms with E-state index in [1.54, 1.807) is 11.3 Å². The van der Waals surface area contributed by atoms with Gasteiger partial charge in [-0.25, -0.2) is 4.98 Å². The molecule has 2 heterocycles. The molecule has 0 atom stereocenters. The molecule has 2 N–H and O–H groups in total. The van der Waals surface area contributed by atoms with Crippen LogP contribution < -0.4 is 5.73 Å². The lowest BCUT2D eigenvalue weighted by molar-refractivity contribution is 0.373. The molecule has 0 unspecified atom stereocenters. The van der Waals surface area contributed by atoms with Gasteiger partial charge in [-0.05, 0) is 32.6 Å². The van der Waals surface area contributed by atoms with E-state index in [0.717, 1.165) is 54.1 Å². The minimum atomic E-state index is -0.396. The summed E-state index contributed by atoms with van der Waals surface area (Å²) in [7, 11) is 0. The van der Waals surface area contributed by atoms with Crippen LogP contribution in [-0.4, -0.2) is 15.1 Å². The zero-order valence-corrected chi connectivity index (χ0v) is 12.8. The maximum Gasteiger partial charge on any atom is 0.269 e. The van der Waals surface area contributed by atoms with Crippen LogP contribution in [0.3, 0.4) is 0 Å². The van der Waals surface area contributed by atoms with E-state index >= 15 is 0 Å². The average molecular weight is 292 g/mol. The van der Waals surface area contributed by atoms with Crippen molar-refractivity contribution in [3.05, 3.63) is 16.5 Å². The molecule has 0 amide bonds. The van der Waals surface area contributed by atoms with E-state index in [1.807, 2.05) is 6.92 Å². The molecule has 0 aliphatic heterocycles. The van der Waals surface area contributed by atoms with E-state index in [9.17, 15) is 0 Å². The van der Waals surface area contributed by atoms with Gasteiger partial charge in [0.25, 0.3) is 5.89 Å². The van der Waals surface area contributed by atoms with Crippen LogP contribution in [0.2, 0.25) is 0 Å². The third-order valence-corrected chi connectivity index (χ3v) is 5.07. The Kier molecular flexibility index (Phi) is 3.60. The number of nitrogens with zero attached hydrogens (tertiary/aromatic N) is 3. The lowest BCUT2D eigenvalue weighted by Gasteiger charge is -2.17. The Morgan fingerprint density at radius 3 is 2.75 bits per heavy atom. The fourth-order valence-electron chi connectivity index (χ4n) is 2.72. The Morgan fingerprint density at radius 2 is 2.05 bits per heavy atom. The molecule has 5 nitrogen and oxygen atoms in total. The lowest BCUT2D eigenvalue weighted by atomic mass is 9.99. The van der Waals surface area contributed by atoms with Crippen LogP contribution in [-0.2, 0) is 12.0 Å². The molecule has 2 aromatic rings. The zero-order valence-electron chi connectivity index (χ0n) is 12.0. The van der Waals surface area contributed by atoms with E-state index in [4.69, 9.17) is 10.3 Å². The van der Waals surface area contributed by atoms with Crippen molar-refractivity contribution in [2.75, 3.05) is 0 Å². The predicted molar refractivity (Wildman–Crippen MR) is 78.5 cm³/mol. The molecule has 0 spiro atoms. The van der Waals surface area contributed by atoms with Crippen molar-refractivity contribution < 1.29 is 4.52 Å². The maximum absolute atomic E-state index is 6.37. The number of aromatic nitrogens is 3. The quantitative estimate of drug-likeness (QED) is 0.936.